The second kappa shape index (κ2) is 4.74. The maximum atomic E-state index is 13.6. The van der Waals surface area contributed by atoms with Gasteiger partial charge >= 0.3 is 5.97 Å². The first-order valence-corrected chi connectivity index (χ1v) is 5.01. The highest BCUT2D eigenvalue weighted by Crippen LogP contribution is 2.20. The third-order valence-corrected chi connectivity index (χ3v) is 2.33. The summed E-state index contributed by atoms with van der Waals surface area (Å²) >= 11 is 0. The minimum absolute atomic E-state index is 0.299. The maximum absolute atomic E-state index is 13.6. The molecule has 2 aromatic rings. The molecular weight excluding hydrogens is 221 g/mol. The van der Waals surface area contributed by atoms with E-state index in [1.54, 1.807) is 0 Å². The molecule has 0 fully saturated rings. The average molecular weight is 231 g/mol. The number of esters is 1. The molecule has 0 aliphatic heterocycles. The molecule has 0 saturated carbocycles. The van der Waals surface area contributed by atoms with Crippen LogP contribution in [0.2, 0.25) is 0 Å². The van der Waals surface area contributed by atoms with E-state index in [9.17, 15) is 9.18 Å². The van der Waals surface area contributed by atoms with Gasteiger partial charge in [0.25, 0.3) is 0 Å². The Morgan fingerprint density at radius 2 is 1.94 bits per heavy atom. The standard InChI is InChI=1S/C13H10FNO2/c1-17-13(16)12-11(14)7-10(8-15-12)9-5-3-2-4-6-9/h2-8H,1H3. The van der Waals surface area contributed by atoms with Gasteiger partial charge in [0.1, 0.15) is 0 Å². The van der Waals surface area contributed by atoms with Crippen molar-refractivity contribution in [2.24, 2.45) is 0 Å². The van der Waals surface area contributed by atoms with Gasteiger partial charge in [-0.05, 0) is 11.6 Å². The van der Waals surface area contributed by atoms with Gasteiger partial charge < -0.3 is 4.74 Å². The zero-order valence-corrected chi connectivity index (χ0v) is 9.18. The molecule has 1 aromatic heterocycles. The molecule has 0 aliphatic rings. The summed E-state index contributed by atoms with van der Waals surface area (Å²) in [6, 6.07) is 10.5. The summed E-state index contributed by atoms with van der Waals surface area (Å²) in [6.07, 6.45) is 1.45. The molecular formula is C13H10FNO2. The summed E-state index contributed by atoms with van der Waals surface area (Å²) in [4.78, 5) is 14.9. The van der Waals surface area contributed by atoms with Crippen molar-refractivity contribution in [1.29, 1.82) is 0 Å². The Bertz CT molecular complexity index is 540. The molecule has 2 rings (SSSR count). The molecule has 0 amide bonds. The smallest absolute Gasteiger partial charge is 0.359 e. The van der Waals surface area contributed by atoms with Gasteiger partial charge in [-0.3, -0.25) is 0 Å². The molecule has 0 N–H and O–H groups in total. The van der Waals surface area contributed by atoms with Crippen LogP contribution in [0, 0.1) is 5.82 Å². The van der Waals surface area contributed by atoms with Crippen molar-refractivity contribution in [2.75, 3.05) is 7.11 Å². The van der Waals surface area contributed by atoms with Gasteiger partial charge in [0.05, 0.1) is 7.11 Å². The Balaban J connectivity index is 2.41. The largest absolute Gasteiger partial charge is 0.464 e. The third kappa shape index (κ3) is 2.30. The lowest BCUT2D eigenvalue weighted by Crippen LogP contribution is -2.07. The Morgan fingerprint density at radius 1 is 1.24 bits per heavy atom. The number of carbonyl (C=O) groups is 1. The topological polar surface area (TPSA) is 39.2 Å². The highest BCUT2D eigenvalue weighted by atomic mass is 19.1. The van der Waals surface area contributed by atoms with E-state index in [1.807, 2.05) is 30.3 Å². The summed E-state index contributed by atoms with van der Waals surface area (Å²) in [5, 5.41) is 0. The molecule has 0 aliphatic carbocycles. The monoisotopic (exact) mass is 231 g/mol. The predicted octanol–water partition coefficient (Wildman–Crippen LogP) is 2.67. The summed E-state index contributed by atoms with van der Waals surface area (Å²) in [6.45, 7) is 0. The first kappa shape index (κ1) is 11.3. The number of hydrogen-bond acceptors (Lipinski definition) is 3. The van der Waals surface area contributed by atoms with E-state index >= 15 is 0 Å². The molecule has 0 unspecified atom stereocenters. The molecule has 0 radical (unpaired) electrons. The van der Waals surface area contributed by atoms with Gasteiger partial charge in [-0.15, -0.1) is 0 Å². The second-order valence-electron chi connectivity index (χ2n) is 3.41. The number of pyridine rings is 1. The summed E-state index contributed by atoms with van der Waals surface area (Å²) in [5.41, 5.74) is 1.17. The van der Waals surface area contributed by atoms with Crippen molar-refractivity contribution in [3.05, 3.63) is 54.1 Å². The summed E-state index contributed by atoms with van der Waals surface area (Å²) in [5.74, 6) is -1.46. The third-order valence-electron chi connectivity index (χ3n) is 2.33. The van der Waals surface area contributed by atoms with Crippen LogP contribution in [-0.4, -0.2) is 18.1 Å². The number of nitrogens with zero attached hydrogens (tertiary/aromatic N) is 1. The van der Waals surface area contributed by atoms with Crippen LogP contribution in [-0.2, 0) is 4.74 Å². The van der Waals surface area contributed by atoms with E-state index in [-0.39, 0.29) is 5.69 Å². The van der Waals surface area contributed by atoms with Crippen LogP contribution in [0.4, 0.5) is 4.39 Å². The van der Waals surface area contributed by atoms with Crippen LogP contribution in [0.25, 0.3) is 11.1 Å². The molecule has 1 heterocycles. The van der Waals surface area contributed by atoms with Gasteiger partial charge in [-0.1, -0.05) is 30.3 Å². The van der Waals surface area contributed by atoms with Crippen LogP contribution in [0.1, 0.15) is 10.5 Å². The van der Waals surface area contributed by atoms with Gasteiger partial charge in [-0.25, -0.2) is 14.2 Å². The van der Waals surface area contributed by atoms with Gasteiger partial charge in [-0.2, -0.15) is 0 Å². The lowest BCUT2D eigenvalue weighted by atomic mass is 10.1. The van der Waals surface area contributed by atoms with Crippen molar-refractivity contribution in [3.8, 4) is 11.1 Å². The molecule has 0 atom stereocenters. The fourth-order valence-corrected chi connectivity index (χ4v) is 1.47. The molecule has 3 nitrogen and oxygen atoms in total. The lowest BCUT2D eigenvalue weighted by molar-refractivity contribution is 0.0588. The van der Waals surface area contributed by atoms with Crippen LogP contribution in [0.15, 0.2) is 42.6 Å². The zero-order valence-electron chi connectivity index (χ0n) is 9.18. The van der Waals surface area contributed by atoms with Crippen molar-refractivity contribution in [1.82, 2.24) is 4.98 Å². The molecule has 0 saturated heterocycles. The lowest BCUT2D eigenvalue weighted by Gasteiger charge is -2.04. The van der Waals surface area contributed by atoms with E-state index in [2.05, 4.69) is 9.72 Å². The Hall–Kier alpha value is -2.23. The zero-order chi connectivity index (χ0) is 12.3. The van der Waals surface area contributed by atoms with Gasteiger partial charge in [0, 0.05) is 11.8 Å². The van der Waals surface area contributed by atoms with Crippen molar-refractivity contribution in [3.63, 3.8) is 0 Å². The van der Waals surface area contributed by atoms with Crippen LogP contribution in [0.5, 0.6) is 0 Å². The normalized spacial score (nSPS) is 10.0. The number of methoxy groups -OCH3 is 1. The predicted molar refractivity (Wildman–Crippen MR) is 61.0 cm³/mol. The molecule has 0 spiro atoms. The van der Waals surface area contributed by atoms with Crippen LogP contribution in [0.3, 0.4) is 0 Å². The fourth-order valence-electron chi connectivity index (χ4n) is 1.47. The van der Waals surface area contributed by atoms with Gasteiger partial charge in [0.15, 0.2) is 11.5 Å². The molecule has 0 bridgehead atoms. The number of rotatable bonds is 2. The maximum Gasteiger partial charge on any atom is 0.359 e. The van der Waals surface area contributed by atoms with E-state index in [0.717, 1.165) is 5.56 Å². The van der Waals surface area contributed by atoms with Crippen molar-refractivity contribution < 1.29 is 13.9 Å². The number of halogens is 1. The number of ether oxygens (including phenoxy) is 1. The Morgan fingerprint density at radius 3 is 2.53 bits per heavy atom. The summed E-state index contributed by atoms with van der Waals surface area (Å²) < 4.78 is 18.0. The van der Waals surface area contributed by atoms with Crippen LogP contribution < -0.4 is 0 Å². The van der Waals surface area contributed by atoms with E-state index < -0.39 is 11.8 Å². The Kier molecular flexibility index (Phi) is 3.14. The minimum atomic E-state index is -0.776. The van der Waals surface area contributed by atoms with Crippen molar-refractivity contribution >= 4 is 5.97 Å². The number of carbonyl (C=O) groups excluding carboxylic acids is 1. The van der Waals surface area contributed by atoms with E-state index in [0.29, 0.717) is 5.56 Å². The SMILES string of the molecule is COC(=O)c1ncc(-c2ccccc2)cc1F. The molecule has 4 heteroatoms. The molecule has 1 aromatic carbocycles. The quantitative estimate of drug-likeness (QED) is 0.746. The molecule has 17 heavy (non-hydrogen) atoms. The van der Waals surface area contributed by atoms with Gasteiger partial charge in [0.2, 0.25) is 0 Å². The average Bonchev–Trinajstić information content (AvgIpc) is 2.39. The van der Waals surface area contributed by atoms with Crippen LogP contribution >= 0.6 is 0 Å². The highest BCUT2D eigenvalue weighted by Gasteiger charge is 2.14. The second-order valence-corrected chi connectivity index (χ2v) is 3.41. The Labute approximate surface area is 97.9 Å². The fraction of sp³-hybridized carbons (Fsp3) is 0.0769. The number of aromatic nitrogens is 1. The van der Waals surface area contributed by atoms with Crippen molar-refractivity contribution in [2.45, 2.75) is 0 Å². The first-order valence-electron chi connectivity index (χ1n) is 5.01. The molecule has 86 valence electrons. The summed E-state index contributed by atoms with van der Waals surface area (Å²) in [7, 11) is 1.19. The first-order chi connectivity index (χ1) is 8.22. The highest BCUT2D eigenvalue weighted by molar-refractivity contribution is 5.87. The van der Waals surface area contributed by atoms with E-state index in [1.165, 1.54) is 19.4 Å². The van der Waals surface area contributed by atoms with E-state index in [4.69, 9.17) is 0 Å². The minimum Gasteiger partial charge on any atom is -0.464 e. The number of hydrogen-bond donors (Lipinski definition) is 0. The number of benzene rings is 1.